The van der Waals surface area contributed by atoms with Gasteiger partial charge in [-0.3, -0.25) is 24.7 Å². The standard InChI is InChI=1S/C19H18N8O2S/c20-5-14(28)25-9-4-11-17(22-6-9)16(21)15(18(29)26-11)19-23-8-13(30-19)10-7-24-27-3-1-2-12(10)27/h4,6-8,21,23H,1-3,5,20H2,(H,25,28)(H,26,29)/b19-15-,21-16?. The highest BCUT2D eigenvalue weighted by Crippen LogP contribution is 2.42. The smallest absolute Gasteiger partial charge is 0.260 e. The minimum Gasteiger partial charge on any atom is -0.354 e. The lowest BCUT2D eigenvalue weighted by molar-refractivity contribution is -0.115. The van der Waals surface area contributed by atoms with Gasteiger partial charge in [0.05, 0.1) is 46.6 Å². The maximum Gasteiger partial charge on any atom is 0.260 e. The Kier molecular flexibility index (Phi) is 4.40. The summed E-state index contributed by atoms with van der Waals surface area (Å²) >= 11 is 1.41. The van der Waals surface area contributed by atoms with Gasteiger partial charge in [-0.15, -0.1) is 0 Å². The average molecular weight is 422 g/mol. The summed E-state index contributed by atoms with van der Waals surface area (Å²) in [7, 11) is 0. The van der Waals surface area contributed by atoms with Crippen LogP contribution in [0, 0.1) is 5.41 Å². The van der Waals surface area contributed by atoms with Crippen LogP contribution >= 0.6 is 11.8 Å². The zero-order valence-corrected chi connectivity index (χ0v) is 16.6. The molecular weight excluding hydrogens is 404 g/mol. The molecule has 0 spiro atoms. The zero-order valence-electron chi connectivity index (χ0n) is 15.8. The number of anilines is 2. The molecule has 2 aromatic rings. The fourth-order valence-corrected chi connectivity index (χ4v) is 4.73. The van der Waals surface area contributed by atoms with Crippen LogP contribution in [0.15, 0.2) is 35.3 Å². The number of aromatic nitrogens is 3. The van der Waals surface area contributed by atoms with Crippen LogP contribution in [-0.4, -0.2) is 38.8 Å². The summed E-state index contributed by atoms with van der Waals surface area (Å²) in [4.78, 5) is 29.5. The number of nitrogens with two attached hydrogens (primary N) is 1. The molecule has 5 rings (SSSR count). The quantitative estimate of drug-likeness (QED) is 0.463. The number of fused-ring (bicyclic) bond motifs is 2. The molecule has 2 aromatic heterocycles. The van der Waals surface area contributed by atoms with Crippen LogP contribution in [0.3, 0.4) is 0 Å². The van der Waals surface area contributed by atoms with Crippen LogP contribution in [0.5, 0.6) is 0 Å². The van der Waals surface area contributed by atoms with Gasteiger partial charge in [0.15, 0.2) is 0 Å². The Bertz CT molecular complexity index is 1180. The van der Waals surface area contributed by atoms with Gasteiger partial charge in [0.2, 0.25) is 5.91 Å². The molecule has 0 saturated carbocycles. The van der Waals surface area contributed by atoms with Gasteiger partial charge in [0, 0.05) is 28.9 Å². The number of nitrogens with zero attached hydrogens (tertiary/aromatic N) is 3. The third kappa shape index (κ3) is 2.99. The first kappa shape index (κ1) is 18.6. The molecule has 0 saturated heterocycles. The summed E-state index contributed by atoms with van der Waals surface area (Å²) in [5.74, 6) is -0.768. The van der Waals surface area contributed by atoms with Gasteiger partial charge in [-0.1, -0.05) is 11.8 Å². The predicted molar refractivity (Wildman–Crippen MR) is 114 cm³/mol. The summed E-state index contributed by atoms with van der Waals surface area (Å²) in [5, 5.41) is 22.0. The minimum atomic E-state index is -0.401. The van der Waals surface area contributed by atoms with Gasteiger partial charge in [0.1, 0.15) is 5.69 Å². The molecule has 0 aromatic carbocycles. The number of thioether (sulfide) groups is 1. The van der Waals surface area contributed by atoms with Gasteiger partial charge in [-0.25, -0.2) is 0 Å². The summed E-state index contributed by atoms with van der Waals surface area (Å²) in [6, 6.07) is 1.57. The lowest BCUT2D eigenvalue weighted by Crippen LogP contribution is -2.31. The van der Waals surface area contributed by atoms with Crippen LogP contribution in [0.2, 0.25) is 0 Å². The van der Waals surface area contributed by atoms with E-state index in [1.165, 1.54) is 23.7 Å². The largest absolute Gasteiger partial charge is 0.354 e. The molecule has 30 heavy (non-hydrogen) atoms. The van der Waals surface area contributed by atoms with Crippen LogP contribution in [0.4, 0.5) is 11.4 Å². The topological polar surface area (TPSA) is 151 Å². The number of hydrogen-bond acceptors (Lipinski definition) is 8. The van der Waals surface area contributed by atoms with E-state index in [4.69, 9.17) is 11.1 Å². The van der Waals surface area contributed by atoms with Crippen molar-refractivity contribution in [1.29, 1.82) is 5.41 Å². The van der Waals surface area contributed by atoms with Crippen molar-refractivity contribution in [3.8, 4) is 0 Å². The first-order chi connectivity index (χ1) is 14.5. The van der Waals surface area contributed by atoms with Crippen LogP contribution in [0.1, 0.15) is 23.4 Å². The van der Waals surface area contributed by atoms with E-state index >= 15 is 0 Å². The molecule has 0 fully saturated rings. The van der Waals surface area contributed by atoms with Crippen LogP contribution < -0.4 is 21.7 Å². The SMILES string of the molecule is N=C1/C(=C2\NC=C(c3cnn4c3CCC4)S2)C(=O)Nc2cc(NC(=O)CN)cnc21. The Hall–Kier alpha value is -3.44. The first-order valence-corrected chi connectivity index (χ1v) is 10.2. The number of amides is 2. The predicted octanol–water partition coefficient (Wildman–Crippen LogP) is 0.988. The number of aryl methyl sites for hydroxylation is 1. The van der Waals surface area contributed by atoms with Crippen LogP contribution in [-0.2, 0) is 22.6 Å². The van der Waals surface area contributed by atoms with Crippen molar-refractivity contribution >= 4 is 45.6 Å². The molecule has 3 aliphatic rings. The molecule has 0 bridgehead atoms. The van der Waals surface area contributed by atoms with E-state index in [9.17, 15) is 9.59 Å². The van der Waals surface area contributed by atoms with Crippen molar-refractivity contribution in [2.75, 3.05) is 17.2 Å². The number of pyridine rings is 1. The number of carbonyl (C=O) groups excluding carboxylic acids is 2. The Morgan fingerprint density at radius 1 is 1.40 bits per heavy atom. The second-order valence-corrected chi connectivity index (χ2v) is 8.04. The fraction of sp³-hybridized carbons (Fsp3) is 0.211. The molecule has 0 atom stereocenters. The van der Waals surface area contributed by atoms with Crippen molar-refractivity contribution in [2.45, 2.75) is 19.4 Å². The third-order valence-corrected chi connectivity index (χ3v) is 6.17. The molecule has 0 aliphatic carbocycles. The van der Waals surface area contributed by atoms with Crippen molar-refractivity contribution in [2.24, 2.45) is 5.73 Å². The molecule has 5 heterocycles. The van der Waals surface area contributed by atoms with Crippen molar-refractivity contribution in [1.82, 2.24) is 20.1 Å². The normalized spacial score (nSPS) is 19.7. The highest BCUT2D eigenvalue weighted by Gasteiger charge is 2.33. The molecular formula is C19H18N8O2S. The van der Waals surface area contributed by atoms with Gasteiger partial charge >= 0.3 is 0 Å². The van der Waals surface area contributed by atoms with E-state index in [-0.39, 0.29) is 23.7 Å². The van der Waals surface area contributed by atoms with Gasteiger partial charge in [0.25, 0.3) is 5.91 Å². The molecule has 0 unspecified atom stereocenters. The Morgan fingerprint density at radius 2 is 2.27 bits per heavy atom. The minimum absolute atomic E-state index is 0.0235. The average Bonchev–Trinajstić information content (AvgIpc) is 3.44. The summed E-state index contributed by atoms with van der Waals surface area (Å²) in [6.45, 7) is 0.770. The highest BCUT2D eigenvalue weighted by molar-refractivity contribution is 8.12. The number of nitrogens with one attached hydrogen (secondary N) is 4. The zero-order chi connectivity index (χ0) is 20.8. The monoisotopic (exact) mass is 422 g/mol. The Labute approximate surface area is 175 Å². The van der Waals surface area contributed by atoms with Gasteiger partial charge in [-0.2, -0.15) is 5.10 Å². The van der Waals surface area contributed by atoms with Crippen molar-refractivity contribution < 1.29 is 9.59 Å². The number of rotatable bonds is 3. The molecule has 152 valence electrons. The van der Waals surface area contributed by atoms with E-state index in [2.05, 4.69) is 26.0 Å². The van der Waals surface area contributed by atoms with Gasteiger partial charge < -0.3 is 21.7 Å². The number of hydrogen-bond donors (Lipinski definition) is 5. The lowest BCUT2D eigenvalue weighted by Gasteiger charge is -2.21. The van der Waals surface area contributed by atoms with E-state index in [1.807, 2.05) is 17.1 Å². The molecule has 6 N–H and O–H groups in total. The lowest BCUT2D eigenvalue weighted by atomic mass is 10.0. The molecule has 11 heteroatoms. The van der Waals surface area contributed by atoms with E-state index in [0.717, 1.165) is 29.9 Å². The van der Waals surface area contributed by atoms with Gasteiger partial charge in [-0.05, 0) is 18.9 Å². The van der Waals surface area contributed by atoms with Crippen LogP contribution in [0.25, 0.3) is 4.91 Å². The summed E-state index contributed by atoms with van der Waals surface area (Å²) in [5.41, 5.74) is 8.93. The van der Waals surface area contributed by atoms with E-state index < -0.39 is 5.91 Å². The second kappa shape index (κ2) is 7.11. The summed E-state index contributed by atoms with van der Waals surface area (Å²) in [6.07, 6.45) is 7.20. The Balaban J connectivity index is 1.42. The van der Waals surface area contributed by atoms with E-state index in [1.54, 1.807) is 6.07 Å². The van der Waals surface area contributed by atoms with Crippen molar-refractivity contribution in [3.05, 3.63) is 52.2 Å². The van der Waals surface area contributed by atoms with E-state index in [0.29, 0.717) is 22.1 Å². The number of carbonyl (C=O) groups is 2. The van der Waals surface area contributed by atoms with Crippen molar-refractivity contribution in [3.63, 3.8) is 0 Å². The fourth-order valence-electron chi connectivity index (χ4n) is 3.70. The molecule has 3 aliphatic heterocycles. The maximum atomic E-state index is 12.8. The molecule has 2 amide bonds. The first-order valence-electron chi connectivity index (χ1n) is 9.39. The summed E-state index contributed by atoms with van der Waals surface area (Å²) < 4.78 is 2.01. The molecule has 10 nitrogen and oxygen atoms in total. The second-order valence-electron chi connectivity index (χ2n) is 6.99. The third-order valence-electron chi connectivity index (χ3n) is 5.09. The molecule has 0 radical (unpaired) electrons. The maximum absolute atomic E-state index is 12.8. The highest BCUT2D eigenvalue weighted by atomic mass is 32.2. The Morgan fingerprint density at radius 3 is 3.10 bits per heavy atom.